The lowest BCUT2D eigenvalue weighted by atomic mass is 9.83. The van der Waals surface area contributed by atoms with Gasteiger partial charge in [-0.1, -0.05) is 30.3 Å². The van der Waals surface area contributed by atoms with Gasteiger partial charge in [-0.3, -0.25) is 9.59 Å². The summed E-state index contributed by atoms with van der Waals surface area (Å²) in [5.41, 5.74) is 0. The van der Waals surface area contributed by atoms with Crippen molar-refractivity contribution in [3.63, 3.8) is 0 Å². The van der Waals surface area contributed by atoms with Crippen LogP contribution in [0.1, 0.15) is 6.42 Å². The lowest BCUT2D eigenvalue weighted by Crippen LogP contribution is -2.34. The van der Waals surface area contributed by atoms with E-state index < -0.39 is 23.8 Å². The number of hydrogen-bond donors (Lipinski definition) is 1. The Labute approximate surface area is 104 Å². The summed E-state index contributed by atoms with van der Waals surface area (Å²) in [7, 11) is 0. The number of halogens is 1. The largest absolute Gasteiger partial charge is 0.481 e. The molecule has 0 aromatic rings. The van der Waals surface area contributed by atoms with Crippen molar-refractivity contribution >= 4 is 23.5 Å². The molecular formula is C12H13ClO4. The normalized spacial score (nSPS) is 33.7. The van der Waals surface area contributed by atoms with E-state index in [2.05, 4.69) is 6.58 Å². The highest BCUT2D eigenvalue weighted by Crippen LogP contribution is 2.48. The predicted molar refractivity (Wildman–Crippen MR) is 61.3 cm³/mol. The molecule has 0 saturated heterocycles. The molecule has 4 nitrogen and oxygen atoms in total. The van der Waals surface area contributed by atoms with Crippen molar-refractivity contribution in [2.45, 2.75) is 6.42 Å². The van der Waals surface area contributed by atoms with E-state index in [1.165, 1.54) is 0 Å². The summed E-state index contributed by atoms with van der Waals surface area (Å²) in [4.78, 5) is 23.0. The number of carbonyl (C=O) groups excluding carboxylic acids is 1. The molecule has 2 rings (SSSR count). The molecule has 1 fully saturated rings. The number of carbonyl (C=O) groups is 2. The second-order valence-corrected chi connectivity index (χ2v) is 5.00. The fourth-order valence-electron chi connectivity index (χ4n) is 2.73. The van der Waals surface area contributed by atoms with Crippen LogP contribution >= 0.6 is 11.6 Å². The molecular weight excluding hydrogens is 244 g/mol. The Balaban J connectivity index is 2.08. The van der Waals surface area contributed by atoms with Crippen LogP contribution in [0.15, 0.2) is 23.8 Å². The molecule has 0 unspecified atom stereocenters. The average molecular weight is 257 g/mol. The van der Waals surface area contributed by atoms with Gasteiger partial charge in [0.25, 0.3) is 0 Å². The van der Waals surface area contributed by atoms with Gasteiger partial charge in [-0.05, 0) is 18.3 Å². The summed E-state index contributed by atoms with van der Waals surface area (Å²) in [6.45, 7) is 3.35. The fourth-order valence-corrected chi connectivity index (χ4v) is 2.78. The second-order valence-electron chi connectivity index (χ2n) is 4.46. The van der Waals surface area contributed by atoms with Crippen molar-refractivity contribution in [3.05, 3.63) is 23.8 Å². The predicted octanol–water partition coefficient (Wildman–Crippen LogP) is 1.80. The van der Waals surface area contributed by atoms with Crippen LogP contribution in [0.4, 0.5) is 0 Å². The highest BCUT2D eigenvalue weighted by molar-refractivity contribution is 6.29. The summed E-state index contributed by atoms with van der Waals surface area (Å²) in [6.07, 6.45) is 4.51. The maximum absolute atomic E-state index is 11.8. The van der Waals surface area contributed by atoms with Crippen LogP contribution in [0.5, 0.6) is 0 Å². The van der Waals surface area contributed by atoms with Gasteiger partial charge in [-0.2, -0.15) is 0 Å². The van der Waals surface area contributed by atoms with E-state index in [1.54, 1.807) is 0 Å². The van der Waals surface area contributed by atoms with Gasteiger partial charge < -0.3 is 9.84 Å². The first kappa shape index (κ1) is 12.2. The minimum Gasteiger partial charge on any atom is -0.481 e. The number of esters is 1. The molecule has 4 atom stereocenters. The van der Waals surface area contributed by atoms with Gasteiger partial charge >= 0.3 is 11.9 Å². The molecule has 0 radical (unpaired) electrons. The standard InChI is InChI=1S/C12H13ClO4/c1-6(13)5-17-12(16)10-8-3-2-7(4-8)9(10)11(14)15/h2-3,7-10H,1,4-5H2,(H,14,15)/t7-,8-,9-,10-/m0/s1. The Bertz CT molecular complexity index is 401. The van der Waals surface area contributed by atoms with Crippen molar-refractivity contribution in [2.24, 2.45) is 23.7 Å². The van der Waals surface area contributed by atoms with Crippen molar-refractivity contribution in [3.8, 4) is 0 Å². The average Bonchev–Trinajstić information content (AvgIpc) is 2.84. The first-order valence-corrected chi connectivity index (χ1v) is 5.79. The number of carboxylic acids is 1. The van der Waals surface area contributed by atoms with Gasteiger partial charge in [0.2, 0.25) is 0 Å². The summed E-state index contributed by atoms with van der Waals surface area (Å²) in [6, 6.07) is 0. The SMILES string of the molecule is C=C(Cl)COC(=O)[C@@H]1[C@@H](C(=O)O)[C@H]2C=C[C@H]1C2. The van der Waals surface area contributed by atoms with Crippen molar-refractivity contribution < 1.29 is 19.4 Å². The number of fused-ring (bicyclic) bond motifs is 2. The van der Waals surface area contributed by atoms with Crippen LogP contribution in [0.2, 0.25) is 0 Å². The molecule has 1 saturated carbocycles. The van der Waals surface area contributed by atoms with Gasteiger partial charge in [0.15, 0.2) is 0 Å². The third kappa shape index (κ3) is 2.22. The number of ether oxygens (including phenoxy) is 1. The van der Waals surface area contributed by atoms with Crippen LogP contribution in [0, 0.1) is 23.7 Å². The molecule has 17 heavy (non-hydrogen) atoms. The van der Waals surface area contributed by atoms with Crippen molar-refractivity contribution in [2.75, 3.05) is 6.61 Å². The van der Waals surface area contributed by atoms with E-state index in [0.29, 0.717) is 0 Å². The molecule has 2 aliphatic rings. The van der Waals surface area contributed by atoms with Crippen LogP contribution in [-0.4, -0.2) is 23.7 Å². The van der Waals surface area contributed by atoms with E-state index in [1.807, 2.05) is 12.2 Å². The number of carboxylic acid groups (broad SMARTS) is 1. The number of rotatable bonds is 4. The maximum atomic E-state index is 11.8. The minimum atomic E-state index is -0.937. The molecule has 1 N–H and O–H groups in total. The number of aliphatic carboxylic acids is 1. The van der Waals surface area contributed by atoms with Gasteiger partial charge in [0, 0.05) is 5.03 Å². The highest BCUT2D eigenvalue weighted by atomic mass is 35.5. The van der Waals surface area contributed by atoms with E-state index >= 15 is 0 Å². The minimum absolute atomic E-state index is 0.0165. The van der Waals surface area contributed by atoms with E-state index in [-0.39, 0.29) is 23.5 Å². The molecule has 2 aliphatic carbocycles. The lowest BCUT2D eigenvalue weighted by Gasteiger charge is -2.22. The summed E-state index contributed by atoms with van der Waals surface area (Å²) in [5, 5.41) is 9.37. The third-order valence-corrected chi connectivity index (χ3v) is 3.50. The molecule has 2 bridgehead atoms. The lowest BCUT2D eigenvalue weighted by molar-refractivity contribution is -0.157. The van der Waals surface area contributed by atoms with E-state index in [4.69, 9.17) is 21.4 Å². The highest BCUT2D eigenvalue weighted by Gasteiger charge is 2.52. The first-order chi connectivity index (χ1) is 8.00. The molecule has 92 valence electrons. The Morgan fingerprint density at radius 1 is 1.35 bits per heavy atom. The Hall–Kier alpha value is -1.29. The molecule has 5 heteroatoms. The number of hydrogen-bond acceptors (Lipinski definition) is 3. The van der Waals surface area contributed by atoms with Crippen LogP contribution in [0.25, 0.3) is 0 Å². The maximum Gasteiger partial charge on any atom is 0.310 e. The molecule has 0 amide bonds. The Morgan fingerprint density at radius 2 is 1.94 bits per heavy atom. The number of allylic oxidation sites excluding steroid dienone is 2. The van der Waals surface area contributed by atoms with Crippen LogP contribution in [-0.2, 0) is 14.3 Å². The first-order valence-electron chi connectivity index (χ1n) is 5.41. The third-order valence-electron chi connectivity index (χ3n) is 3.39. The monoisotopic (exact) mass is 256 g/mol. The van der Waals surface area contributed by atoms with Gasteiger partial charge in [-0.25, -0.2) is 0 Å². The quantitative estimate of drug-likeness (QED) is 0.615. The van der Waals surface area contributed by atoms with Gasteiger partial charge in [0.05, 0.1) is 11.8 Å². The van der Waals surface area contributed by atoms with Crippen LogP contribution in [0.3, 0.4) is 0 Å². The van der Waals surface area contributed by atoms with Gasteiger partial charge in [0.1, 0.15) is 6.61 Å². The molecule has 0 aromatic carbocycles. The van der Waals surface area contributed by atoms with E-state index in [9.17, 15) is 9.59 Å². The molecule has 0 spiro atoms. The summed E-state index contributed by atoms with van der Waals surface area (Å²) in [5.74, 6) is -2.74. The zero-order chi connectivity index (χ0) is 12.6. The zero-order valence-corrected chi connectivity index (χ0v) is 9.89. The van der Waals surface area contributed by atoms with Gasteiger partial charge in [-0.15, -0.1) is 0 Å². The Kier molecular flexibility index (Phi) is 3.24. The zero-order valence-electron chi connectivity index (χ0n) is 9.14. The molecule has 0 aromatic heterocycles. The summed E-state index contributed by atoms with van der Waals surface area (Å²) < 4.78 is 4.95. The Morgan fingerprint density at radius 3 is 2.47 bits per heavy atom. The van der Waals surface area contributed by atoms with Crippen molar-refractivity contribution in [1.29, 1.82) is 0 Å². The smallest absolute Gasteiger partial charge is 0.310 e. The second kappa shape index (κ2) is 4.53. The molecule has 0 aliphatic heterocycles. The summed E-state index contributed by atoms with van der Waals surface area (Å²) >= 11 is 5.50. The van der Waals surface area contributed by atoms with Crippen LogP contribution < -0.4 is 0 Å². The van der Waals surface area contributed by atoms with Crippen molar-refractivity contribution in [1.82, 2.24) is 0 Å². The fraction of sp³-hybridized carbons (Fsp3) is 0.500. The topological polar surface area (TPSA) is 63.6 Å². The molecule has 0 heterocycles. The van der Waals surface area contributed by atoms with E-state index in [0.717, 1.165) is 6.42 Å².